The van der Waals surface area contributed by atoms with Crippen molar-refractivity contribution < 1.29 is 9.59 Å². The number of piperazine rings is 1. The lowest BCUT2D eigenvalue weighted by Crippen LogP contribution is -2.48. The number of primary amides is 1. The number of nitrogens with two attached hydrogens (primary N) is 1. The Kier molecular flexibility index (Phi) is 5.31. The first kappa shape index (κ1) is 17.4. The van der Waals surface area contributed by atoms with Crippen molar-refractivity contribution in [1.82, 2.24) is 9.80 Å². The third-order valence-corrected chi connectivity index (χ3v) is 5.44. The maximum absolute atomic E-state index is 12.8. The van der Waals surface area contributed by atoms with Crippen LogP contribution in [-0.4, -0.2) is 54.3 Å². The maximum Gasteiger partial charge on any atom is 0.258 e. The van der Waals surface area contributed by atoms with Crippen LogP contribution in [0.5, 0.6) is 0 Å². The highest BCUT2D eigenvalue weighted by atomic mass is 32.1. The molecule has 0 saturated carbocycles. The van der Waals surface area contributed by atoms with Gasteiger partial charge in [0.1, 0.15) is 0 Å². The number of benzene rings is 1. The Bertz CT molecular complexity index is 791. The zero-order valence-corrected chi connectivity index (χ0v) is 14.8. The summed E-state index contributed by atoms with van der Waals surface area (Å²) in [6.07, 6.45) is 1.89. The minimum atomic E-state index is -0.430. The van der Waals surface area contributed by atoms with E-state index >= 15 is 0 Å². The quantitative estimate of drug-likeness (QED) is 0.838. The van der Waals surface area contributed by atoms with Crippen LogP contribution in [0.25, 0.3) is 10.4 Å². The molecule has 1 aromatic carbocycles. The van der Waals surface area contributed by atoms with Crippen molar-refractivity contribution in [3.8, 4) is 10.4 Å². The molecule has 1 aliphatic rings. The lowest BCUT2D eigenvalue weighted by atomic mass is 10.1. The van der Waals surface area contributed by atoms with E-state index in [4.69, 9.17) is 5.73 Å². The molecular formula is C19H21N3O2S. The highest BCUT2D eigenvalue weighted by molar-refractivity contribution is 7.17. The van der Waals surface area contributed by atoms with Gasteiger partial charge in [-0.15, -0.1) is 17.9 Å². The Hall–Kier alpha value is -2.44. The van der Waals surface area contributed by atoms with E-state index in [1.165, 1.54) is 11.3 Å². The van der Waals surface area contributed by atoms with Crippen LogP contribution in [0, 0.1) is 0 Å². The third kappa shape index (κ3) is 3.97. The topological polar surface area (TPSA) is 66.6 Å². The summed E-state index contributed by atoms with van der Waals surface area (Å²) in [6.45, 7) is 7.80. The van der Waals surface area contributed by atoms with E-state index in [0.717, 1.165) is 43.2 Å². The van der Waals surface area contributed by atoms with Crippen LogP contribution >= 0.6 is 11.3 Å². The molecule has 25 heavy (non-hydrogen) atoms. The zero-order chi connectivity index (χ0) is 17.8. The number of nitrogens with zero attached hydrogens (tertiary/aromatic N) is 2. The van der Waals surface area contributed by atoms with E-state index in [1.54, 1.807) is 6.07 Å². The maximum atomic E-state index is 12.8. The molecule has 1 fully saturated rings. The number of thiophene rings is 1. The van der Waals surface area contributed by atoms with Crippen LogP contribution in [-0.2, 0) is 0 Å². The second-order valence-electron chi connectivity index (χ2n) is 5.99. The third-order valence-electron chi connectivity index (χ3n) is 4.29. The molecule has 5 nitrogen and oxygen atoms in total. The fraction of sp³-hybridized carbons (Fsp3) is 0.263. The van der Waals surface area contributed by atoms with Crippen molar-refractivity contribution in [2.24, 2.45) is 5.73 Å². The highest BCUT2D eigenvalue weighted by Crippen LogP contribution is 2.28. The number of rotatable bonds is 5. The lowest BCUT2D eigenvalue weighted by Gasteiger charge is -2.34. The number of hydrogen-bond donors (Lipinski definition) is 1. The predicted molar refractivity (Wildman–Crippen MR) is 101 cm³/mol. The average molecular weight is 355 g/mol. The Morgan fingerprint density at radius 3 is 2.56 bits per heavy atom. The van der Waals surface area contributed by atoms with Gasteiger partial charge in [0.2, 0.25) is 0 Å². The summed E-state index contributed by atoms with van der Waals surface area (Å²) < 4.78 is 0. The van der Waals surface area contributed by atoms with Gasteiger partial charge in [-0.1, -0.05) is 18.2 Å². The van der Waals surface area contributed by atoms with Crippen LogP contribution in [0.1, 0.15) is 20.0 Å². The van der Waals surface area contributed by atoms with E-state index in [-0.39, 0.29) is 5.91 Å². The molecule has 0 bridgehead atoms. The number of carbonyl (C=O) groups is 2. The summed E-state index contributed by atoms with van der Waals surface area (Å²) in [5.41, 5.74) is 6.91. The first-order valence-corrected chi connectivity index (χ1v) is 9.02. The SMILES string of the molecule is C=CCN1CCN(C(=O)c2cccc(-c3ccc(C(N)=O)s3)c2)CC1. The van der Waals surface area contributed by atoms with Crippen molar-refractivity contribution in [3.05, 3.63) is 59.5 Å². The minimum Gasteiger partial charge on any atom is -0.365 e. The summed E-state index contributed by atoms with van der Waals surface area (Å²) in [5.74, 6) is -0.382. The molecule has 2 heterocycles. The van der Waals surface area contributed by atoms with Crippen molar-refractivity contribution in [2.45, 2.75) is 0 Å². The second kappa shape index (κ2) is 7.63. The Morgan fingerprint density at radius 1 is 1.16 bits per heavy atom. The Labute approximate surface area is 151 Å². The molecular weight excluding hydrogens is 334 g/mol. The Morgan fingerprint density at radius 2 is 1.92 bits per heavy atom. The lowest BCUT2D eigenvalue weighted by molar-refractivity contribution is 0.0650. The monoisotopic (exact) mass is 355 g/mol. The van der Waals surface area contributed by atoms with Gasteiger partial charge in [0.05, 0.1) is 4.88 Å². The molecule has 0 atom stereocenters. The normalized spacial score (nSPS) is 15.1. The average Bonchev–Trinajstić information content (AvgIpc) is 3.13. The molecule has 0 radical (unpaired) electrons. The standard InChI is InChI=1S/C19H21N3O2S/c1-2-8-21-9-11-22(12-10-21)19(24)15-5-3-4-14(13-15)16-6-7-17(25-16)18(20)23/h2-7,13H,1,8-12H2,(H2,20,23). The van der Waals surface area contributed by atoms with Crippen LogP contribution in [0.2, 0.25) is 0 Å². The van der Waals surface area contributed by atoms with Crippen LogP contribution in [0.15, 0.2) is 49.1 Å². The zero-order valence-electron chi connectivity index (χ0n) is 14.0. The number of hydrogen-bond acceptors (Lipinski definition) is 4. The van der Waals surface area contributed by atoms with E-state index < -0.39 is 5.91 Å². The molecule has 0 unspecified atom stereocenters. The molecule has 1 aliphatic heterocycles. The van der Waals surface area contributed by atoms with Gasteiger partial charge in [0, 0.05) is 43.2 Å². The fourth-order valence-corrected chi connectivity index (χ4v) is 3.78. The van der Waals surface area contributed by atoms with E-state index in [2.05, 4.69) is 11.5 Å². The molecule has 2 N–H and O–H groups in total. The molecule has 6 heteroatoms. The minimum absolute atomic E-state index is 0.0479. The number of carbonyl (C=O) groups excluding carboxylic acids is 2. The van der Waals surface area contributed by atoms with E-state index in [0.29, 0.717) is 10.4 Å². The van der Waals surface area contributed by atoms with Gasteiger partial charge >= 0.3 is 0 Å². The molecule has 3 rings (SSSR count). The van der Waals surface area contributed by atoms with Crippen molar-refractivity contribution in [1.29, 1.82) is 0 Å². The van der Waals surface area contributed by atoms with Gasteiger partial charge in [-0.05, 0) is 29.8 Å². The number of amides is 2. The van der Waals surface area contributed by atoms with Gasteiger partial charge < -0.3 is 10.6 Å². The summed E-state index contributed by atoms with van der Waals surface area (Å²) >= 11 is 1.34. The van der Waals surface area contributed by atoms with Crippen molar-refractivity contribution in [3.63, 3.8) is 0 Å². The van der Waals surface area contributed by atoms with Crippen LogP contribution in [0.3, 0.4) is 0 Å². The largest absolute Gasteiger partial charge is 0.365 e. The summed E-state index contributed by atoms with van der Waals surface area (Å²) in [5, 5.41) is 0. The van der Waals surface area contributed by atoms with Gasteiger partial charge in [-0.3, -0.25) is 14.5 Å². The molecule has 2 amide bonds. The van der Waals surface area contributed by atoms with Gasteiger partial charge in [-0.25, -0.2) is 0 Å². The second-order valence-corrected chi connectivity index (χ2v) is 7.07. The van der Waals surface area contributed by atoms with Crippen molar-refractivity contribution >= 4 is 23.2 Å². The van der Waals surface area contributed by atoms with Gasteiger partial charge in [0.15, 0.2) is 0 Å². The first-order valence-electron chi connectivity index (χ1n) is 8.21. The van der Waals surface area contributed by atoms with Crippen LogP contribution in [0.4, 0.5) is 0 Å². The summed E-state index contributed by atoms with van der Waals surface area (Å²) in [6, 6.07) is 11.1. The molecule has 2 aromatic rings. The first-order chi connectivity index (χ1) is 12.1. The molecule has 0 aliphatic carbocycles. The highest BCUT2D eigenvalue weighted by Gasteiger charge is 2.21. The van der Waals surface area contributed by atoms with E-state index in [1.807, 2.05) is 41.3 Å². The summed E-state index contributed by atoms with van der Waals surface area (Å²) in [4.78, 5) is 29.7. The molecule has 130 valence electrons. The van der Waals surface area contributed by atoms with Gasteiger partial charge in [0.25, 0.3) is 11.8 Å². The van der Waals surface area contributed by atoms with Gasteiger partial charge in [-0.2, -0.15) is 0 Å². The Balaban J connectivity index is 1.73. The smallest absolute Gasteiger partial charge is 0.258 e. The molecule has 0 spiro atoms. The van der Waals surface area contributed by atoms with Crippen LogP contribution < -0.4 is 5.73 Å². The fourth-order valence-electron chi connectivity index (χ4n) is 2.93. The molecule has 1 aromatic heterocycles. The van der Waals surface area contributed by atoms with Crippen molar-refractivity contribution in [2.75, 3.05) is 32.7 Å². The summed E-state index contributed by atoms with van der Waals surface area (Å²) in [7, 11) is 0. The van der Waals surface area contributed by atoms with E-state index in [9.17, 15) is 9.59 Å². The predicted octanol–water partition coefficient (Wildman–Crippen LogP) is 2.46. The molecule has 1 saturated heterocycles.